The summed E-state index contributed by atoms with van der Waals surface area (Å²) < 4.78 is 11.8. The fourth-order valence-electron chi connectivity index (χ4n) is 8.35. The number of rotatable bonds is 5. The van der Waals surface area contributed by atoms with E-state index in [-0.39, 0.29) is 0 Å². The Hall–Kier alpha value is -7.04. The van der Waals surface area contributed by atoms with Crippen LogP contribution in [-0.4, -0.2) is 9.13 Å². The van der Waals surface area contributed by atoms with E-state index in [1.54, 1.807) is 0 Å². The zero-order valence-corrected chi connectivity index (χ0v) is 28.1. The van der Waals surface area contributed by atoms with E-state index in [4.69, 9.17) is 4.42 Å². The molecule has 4 nitrogen and oxygen atoms in total. The number of furan rings is 1. The molecule has 0 bridgehead atoms. The first kappa shape index (κ1) is 28.8. The minimum absolute atomic E-state index is 0.888. The molecule has 0 aliphatic carbocycles. The predicted molar refractivity (Wildman–Crippen MR) is 217 cm³/mol. The van der Waals surface area contributed by atoms with E-state index in [1.807, 2.05) is 0 Å². The minimum atomic E-state index is 0.888. The van der Waals surface area contributed by atoms with Crippen LogP contribution in [0.15, 0.2) is 192 Å². The summed E-state index contributed by atoms with van der Waals surface area (Å²) in [5.74, 6) is 0. The quantitative estimate of drug-likeness (QED) is 0.183. The van der Waals surface area contributed by atoms with Crippen LogP contribution >= 0.6 is 0 Å². The van der Waals surface area contributed by atoms with Crippen molar-refractivity contribution >= 4 is 82.6 Å². The van der Waals surface area contributed by atoms with Crippen molar-refractivity contribution in [2.45, 2.75) is 0 Å². The molecule has 0 saturated carbocycles. The van der Waals surface area contributed by atoms with E-state index < -0.39 is 0 Å². The van der Waals surface area contributed by atoms with Crippen LogP contribution in [0.5, 0.6) is 0 Å². The molecule has 0 aliphatic rings. The molecule has 0 amide bonds. The lowest BCUT2D eigenvalue weighted by Crippen LogP contribution is -2.09. The summed E-state index contributed by atoms with van der Waals surface area (Å²) in [7, 11) is 0. The lowest BCUT2D eigenvalue weighted by atomic mass is 10.0. The molecule has 0 fully saturated rings. The molecule has 8 aromatic carbocycles. The van der Waals surface area contributed by atoms with Crippen LogP contribution in [0.1, 0.15) is 0 Å². The van der Waals surface area contributed by atoms with Crippen molar-refractivity contribution in [2.24, 2.45) is 0 Å². The molecule has 0 saturated heterocycles. The van der Waals surface area contributed by atoms with Gasteiger partial charge in [-0.15, -0.1) is 0 Å². The molecule has 0 aliphatic heterocycles. The first-order valence-corrected chi connectivity index (χ1v) is 17.7. The van der Waals surface area contributed by atoms with Crippen LogP contribution < -0.4 is 4.90 Å². The molecule has 0 N–H and O–H groups in total. The molecule has 3 aromatic heterocycles. The second-order valence-corrected chi connectivity index (χ2v) is 13.3. The Labute approximate surface area is 299 Å². The number of aromatic nitrogens is 2. The smallest absolute Gasteiger partial charge is 0.160 e. The number of anilines is 3. The molecular formula is C48H31N3O. The Kier molecular flexibility index (Phi) is 6.22. The third-order valence-electron chi connectivity index (χ3n) is 10.5. The maximum absolute atomic E-state index is 6.92. The average molecular weight is 666 g/mol. The maximum atomic E-state index is 6.92. The summed E-state index contributed by atoms with van der Waals surface area (Å²) in [5, 5.41) is 7.04. The molecule has 244 valence electrons. The van der Waals surface area contributed by atoms with Gasteiger partial charge in [-0.1, -0.05) is 109 Å². The monoisotopic (exact) mass is 665 g/mol. The third kappa shape index (κ3) is 4.09. The number of benzene rings is 8. The summed E-state index contributed by atoms with van der Waals surface area (Å²) in [6, 6.07) is 66.8. The molecule has 0 radical (unpaired) electrons. The first-order valence-electron chi connectivity index (χ1n) is 17.7. The number of nitrogens with zero attached hydrogens (tertiary/aromatic N) is 3. The highest BCUT2D eigenvalue weighted by Crippen LogP contribution is 2.49. The Bertz CT molecular complexity index is 3060. The highest BCUT2D eigenvalue weighted by molar-refractivity contribution is 6.39. The standard InChI is InChI=1S/C48H31N3O/c1-4-16-32(17-5-1)49(33-18-6-2-7-19-33)35-28-30-36(31-29-35)50-40-25-13-10-22-37(40)43-44-39-24-12-15-27-42(39)52-48(44)47-45(46(43)50)38-23-11-14-26-41(38)51(47)34-20-8-3-9-21-34/h1-31H. The van der Waals surface area contributed by atoms with E-state index in [9.17, 15) is 0 Å². The van der Waals surface area contributed by atoms with E-state index >= 15 is 0 Å². The Morgan fingerprint density at radius 2 is 0.808 bits per heavy atom. The second-order valence-electron chi connectivity index (χ2n) is 13.3. The Balaban J connectivity index is 1.28. The number of hydrogen-bond donors (Lipinski definition) is 0. The normalized spacial score (nSPS) is 11.8. The van der Waals surface area contributed by atoms with E-state index in [2.05, 4.69) is 202 Å². The zero-order valence-electron chi connectivity index (χ0n) is 28.1. The summed E-state index contributed by atoms with van der Waals surface area (Å²) in [4.78, 5) is 2.31. The molecule has 0 atom stereocenters. The Morgan fingerprint density at radius 1 is 0.346 bits per heavy atom. The highest BCUT2D eigenvalue weighted by Gasteiger charge is 2.27. The lowest BCUT2D eigenvalue weighted by molar-refractivity contribution is 0.671. The van der Waals surface area contributed by atoms with Gasteiger partial charge in [-0.25, -0.2) is 0 Å². The van der Waals surface area contributed by atoms with Gasteiger partial charge in [-0.2, -0.15) is 0 Å². The van der Waals surface area contributed by atoms with Gasteiger partial charge in [-0.3, -0.25) is 0 Å². The summed E-state index contributed by atoms with van der Waals surface area (Å²) in [6.07, 6.45) is 0. The predicted octanol–water partition coefficient (Wildman–Crippen LogP) is 13.2. The van der Waals surface area contributed by atoms with E-state index in [0.717, 1.165) is 66.9 Å². The maximum Gasteiger partial charge on any atom is 0.160 e. The third-order valence-corrected chi connectivity index (χ3v) is 10.5. The largest absolute Gasteiger partial charge is 0.454 e. The molecule has 0 spiro atoms. The molecular weight excluding hydrogens is 635 g/mol. The van der Waals surface area contributed by atoms with Crippen LogP contribution in [0.3, 0.4) is 0 Å². The Morgan fingerprint density at radius 3 is 1.44 bits per heavy atom. The van der Waals surface area contributed by atoms with Gasteiger partial charge in [0.1, 0.15) is 5.58 Å². The van der Waals surface area contributed by atoms with Crippen molar-refractivity contribution in [1.29, 1.82) is 0 Å². The van der Waals surface area contributed by atoms with E-state index in [0.29, 0.717) is 0 Å². The molecule has 3 heterocycles. The van der Waals surface area contributed by atoms with Crippen LogP contribution in [0.25, 0.3) is 76.9 Å². The molecule has 4 heteroatoms. The summed E-state index contributed by atoms with van der Waals surface area (Å²) in [5.41, 5.74) is 11.9. The van der Waals surface area contributed by atoms with Crippen molar-refractivity contribution in [3.63, 3.8) is 0 Å². The summed E-state index contributed by atoms with van der Waals surface area (Å²) >= 11 is 0. The van der Waals surface area contributed by atoms with Gasteiger partial charge >= 0.3 is 0 Å². The van der Waals surface area contributed by atoms with Crippen LogP contribution in [0.4, 0.5) is 17.1 Å². The van der Waals surface area contributed by atoms with Crippen molar-refractivity contribution in [3.8, 4) is 11.4 Å². The van der Waals surface area contributed by atoms with Crippen molar-refractivity contribution < 1.29 is 4.42 Å². The molecule has 11 rings (SSSR count). The van der Waals surface area contributed by atoms with Gasteiger partial charge in [-0.05, 0) is 78.9 Å². The number of hydrogen-bond acceptors (Lipinski definition) is 2. The molecule has 52 heavy (non-hydrogen) atoms. The number of fused-ring (bicyclic) bond motifs is 12. The highest BCUT2D eigenvalue weighted by atomic mass is 16.3. The summed E-state index contributed by atoms with van der Waals surface area (Å²) in [6.45, 7) is 0. The SMILES string of the molecule is c1ccc(N(c2ccccc2)c2ccc(-n3c4ccccc4c4c5c6ccccc6oc5c5c(c6ccccc6n5-c5ccccc5)c43)cc2)cc1. The van der Waals surface area contributed by atoms with Gasteiger partial charge in [0.05, 0.1) is 22.1 Å². The van der Waals surface area contributed by atoms with Crippen molar-refractivity contribution in [3.05, 3.63) is 188 Å². The topological polar surface area (TPSA) is 26.2 Å². The van der Waals surface area contributed by atoms with Gasteiger partial charge in [0.2, 0.25) is 0 Å². The van der Waals surface area contributed by atoms with Crippen LogP contribution in [-0.2, 0) is 0 Å². The van der Waals surface area contributed by atoms with Crippen LogP contribution in [0.2, 0.25) is 0 Å². The molecule has 0 unspecified atom stereocenters. The van der Waals surface area contributed by atoms with Crippen LogP contribution in [0, 0.1) is 0 Å². The zero-order chi connectivity index (χ0) is 34.2. The average Bonchev–Trinajstić information content (AvgIpc) is 3.88. The first-order chi connectivity index (χ1) is 25.8. The fourth-order valence-corrected chi connectivity index (χ4v) is 8.35. The lowest BCUT2D eigenvalue weighted by Gasteiger charge is -2.25. The van der Waals surface area contributed by atoms with Gasteiger partial charge in [0.25, 0.3) is 0 Å². The number of para-hydroxylation sites is 6. The fraction of sp³-hybridized carbons (Fsp3) is 0. The van der Waals surface area contributed by atoms with Crippen molar-refractivity contribution in [1.82, 2.24) is 9.13 Å². The molecule has 11 aromatic rings. The van der Waals surface area contributed by atoms with Gasteiger partial charge in [0, 0.05) is 60.8 Å². The minimum Gasteiger partial charge on any atom is -0.454 e. The van der Waals surface area contributed by atoms with Gasteiger partial charge < -0.3 is 18.5 Å². The van der Waals surface area contributed by atoms with Gasteiger partial charge in [0.15, 0.2) is 5.58 Å². The second kappa shape index (κ2) is 11.2. The van der Waals surface area contributed by atoms with E-state index in [1.165, 1.54) is 27.1 Å². The van der Waals surface area contributed by atoms with Crippen molar-refractivity contribution in [2.75, 3.05) is 4.90 Å².